The van der Waals surface area contributed by atoms with Crippen LogP contribution in [-0.4, -0.2) is 42.3 Å². The van der Waals surface area contributed by atoms with Crippen molar-refractivity contribution in [3.8, 4) is 0 Å². The first-order valence-electron chi connectivity index (χ1n) is 6.00. The first kappa shape index (κ1) is 14.5. The fraction of sp³-hybridized carbons (Fsp3) is 0.692. The number of hydrogen-bond donors (Lipinski definition) is 0. The summed E-state index contributed by atoms with van der Waals surface area (Å²) < 4.78 is 10.0. The van der Waals surface area contributed by atoms with E-state index in [-0.39, 0.29) is 0 Å². The van der Waals surface area contributed by atoms with Crippen LogP contribution in [0.3, 0.4) is 0 Å². The summed E-state index contributed by atoms with van der Waals surface area (Å²) in [4.78, 5) is 25.1. The fourth-order valence-electron chi connectivity index (χ4n) is 1.82. The van der Waals surface area contributed by atoms with Gasteiger partial charge in [-0.2, -0.15) is 0 Å². The van der Waals surface area contributed by atoms with Gasteiger partial charge in [-0.3, -0.25) is 4.90 Å². The molecule has 0 aromatic heterocycles. The zero-order valence-electron chi connectivity index (χ0n) is 11.6. The van der Waals surface area contributed by atoms with Crippen LogP contribution < -0.4 is 0 Å². The SMILES string of the molecule is CC=C1C[C@@H](C(=O)OC)N(C(=O)OC(C)(C)C)C1. The maximum atomic E-state index is 12.0. The smallest absolute Gasteiger partial charge is 0.411 e. The van der Waals surface area contributed by atoms with Gasteiger partial charge in [0.1, 0.15) is 11.6 Å². The first-order valence-corrected chi connectivity index (χ1v) is 6.00. The number of nitrogens with zero attached hydrogens (tertiary/aromatic N) is 1. The lowest BCUT2D eigenvalue weighted by Gasteiger charge is -2.27. The number of carbonyl (C=O) groups is 2. The number of carbonyl (C=O) groups excluding carboxylic acids is 2. The largest absolute Gasteiger partial charge is 0.467 e. The average Bonchev–Trinajstić information content (AvgIpc) is 2.69. The second-order valence-corrected chi connectivity index (χ2v) is 5.30. The van der Waals surface area contributed by atoms with Crippen LogP contribution in [0.2, 0.25) is 0 Å². The summed E-state index contributed by atoms with van der Waals surface area (Å²) in [6.45, 7) is 7.70. The Bertz CT molecular complexity index is 368. The molecule has 1 aliphatic rings. The van der Waals surface area contributed by atoms with Crippen molar-refractivity contribution in [3.05, 3.63) is 11.6 Å². The Labute approximate surface area is 108 Å². The van der Waals surface area contributed by atoms with Crippen molar-refractivity contribution < 1.29 is 19.1 Å². The number of amides is 1. The molecule has 1 atom stereocenters. The lowest BCUT2D eigenvalue weighted by molar-refractivity contribution is -0.145. The summed E-state index contributed by atoms with van der Waals surface area (Å²) in [5.41, 5.74) is 0.465. The van der Waals surface area contributed by atoms with E-state index < -0.39 is 23.7 Å². The average molecular weight is 255 g/mol. The number of likely N-dealkylation sites (tertiary alicyclic amines) is 1. The molecule has 1 rings (SSSR count). The van der Waals surface area contributed by atoms with Crippen molar-refractivity contribution in [3.63, 3.8) is 0 Å². The van der Waals surface area contributed by atoms with Gasteiger partial charge in [-0.25, -0.2) is 9.59 Å². The van der Waals surface area contributed by atoms with Crippen LogP contribution in [0, 0.1) is 0 Å². The molecule has 0 aromatic rings. The first-order chi connectivity index (χ1) is 8.28. The van der Waals surface area contributed by atoms with Gasteiger partial charge in [0.2, 0.25) is 0 Å². The Hall–Kier alpha value is -1.52. The van der Waals surface area contributed by atoms with Gasteiger partial charge in [0.05, 0.1) is 7.11 Å². The summed E-state index contributed by atoms with van der Waals surface area (Å²) in [5.74, 6) is -0.405. The van der Waals surface area contributed by atoms with E-state index in [9.17, 15) is 9.59 Å². The number of hydrogen-bond acceptors (Lipinski definition) is 4. The Balaban J connectivity index is 2.84. The van der Waals surface area contributed by atoms with E-state index in [0.29, 0.717) is 13.0 Å². The Morgan fingerprint density at radius 3 is 2.44 bits per heavy atom. The molecule has 0 unspecified atom stereocenters. The van der Waals surface area contributed by atoms with Crippen molar-refractivity contribution in [2.75, 3.05) is 13.7 Å². The van der Waals surface area contributed by atoms with Crippen LogP contribution in [0.4, 0.5) is 4.79 Å². The molecule has 1 heterocycles. The quantitative estimate of drug-likeness (QED) is 0.532. The van der Waals surface area contributed by atoms with Crippen molar-refractivity contribution in [2.24, 2.45) is 0 Å². The van der Waals surface area contributed by atoms with Crippen molar-refractivity contribution >= 4 is 12.1 Å². The van der Waals surface area contributed by atoms with Crippen LogP contribution in [0.1, 0.15) is 34.1 Å². The van der Waals surface area contributed by atoms with E-state index in [1.54, 1.807) is 20.8 Å². The van der Waals surface area contributed by atoms with Gasteiger partial charge >= 0.3 is 12.1 Å². The van der Waals surface area contributed by atoms with Gasteiger partial charge in [0.25, 0.3) is 0 Å². The minimum atomic E-state index is -0.573. The van der Waals surface area contributed by atoms with Crippen LogP contribution >= 0.6 is 0 Å². The highest BCUT2D eigenvalue weighted by Crippen LogP contribution is 2.25. The number of methoxy groups -OCH3 is 1. The predicted molar refractivity (Wildman–Crippen MR) is 67.1 cm³/mol. The second kappa shape index (κ2) is 5.42. The molecule has 1 amide bonds. The molecule has 0 saturated carbocycles. The van der Waals surface area contributed by atoms with Crippen molar-refractivity contribution in [1.29, 1.82) is 0 Å². The molecule has 102 valence electrons. The molecular formula is C13H21NO4. The highest BCUT2D eigenvalue weighted by molar-refractivity contribution is 5.83. The van der Waals surface area contributed by atoms with E-state index in [4.69, 9.17) is 9.47 Å². The predicted octanol–water partition coefficient (Wildman–Crippen LogP) is 2.12. The maximum Gasteiger partial charge on any atom is 0.411 e. The molecule has 0 radical (unpaired) electrons. The molecule has 5 heteroatoms. The van der Waals surface area contributed by atoms with E-state index >= 15 is 0 Å². The number of esters is 1. The second-order valence-electron chi connectivity index (χ2n) is 5.30. The molecule has 18 heavy (non-hydrogen) atoms. The lowest BCUT2D eigenvalue weighted by Crippen LogP contribution is -2.43. The molecule has 1 aliphatic heterocycles. The molecule has 0 N–H and O–H groups in total. The Morgan fingerprint density at radius 1 is 1.39 bits per heavy atom. The van der Waals surface area contributed by atoms with E-state index in [1.165, 1.54) is 12.0 Å². The van der Waals surface area contributed by atoms with Crippen LogP contribution in [-0.2, 0) is 14.3 Å². The summed E-state index contributed by atoms with van der Waals surface area (Å²) in [6.07, 6.45) is 1.96. The molecule has 0 aliphatic carbocycles. The number of rotatable bonds is 1. The maximum absolute atomic E-state index is 12.0. The van der Waals surface area contributed by atoms with Gasteiger partial charge in [-0.15, -0.1) is 0 Å². The van der Waals surface area contributed by atoms with Gasteiger partial charge in [-0.1, -0.05) is 11.6 Å². The standard InChI is InChI=1S/C13H21NO4/c1-6-9-7-10(11(15)17-5)14(8-9)12(16)18-13(2,3)4/h6,10H,7-8H2,1-5H3/t10-/m0/s1. The molecule has 0 aromatic carbocycles. The molecule has 0 bridgehead atoms. The highest BCUT2D eigenvalue weighted by Gasteiger charge is 2.39. The lowest BCUT2D eigenvalue weighted by atomic mass is 10.1. The summed E-state index contributed by atoms with van der Waals surface area (Å²) in [5, 5.41) is 0. The Kier molecular flexibility index (Phi) is 4.38. The topological polar surface area (TPSA) is 55.8 Å². The van der Waals surface area contributed by atoms with Crippen LogP contribution in [0.5, 0.6) is 0 Å². The Morgan fingerprint density at radius 2 is 2.00 bits per heavy atom. The summed E-state index contributed by atoms with van der Waals surface area (Å²) >= 11 is 0. The van der Waals surface area contributed by atoms with Crippen molar-refractivity contribution in [1.82, 2.24) is 4.90 Å². The molecule has 1 saturated heterocycles. The molecule has 1 fully saturated rings. The van der Waals surface area contributed by atoms with Crippen LogP contribution in [0.25, 0.3) is 0 Å². The van der Waals surface area contributed by atoms with Gasteiger partial charge in [-0.05, 0) is 27.7 Å². The number of ether oxygens (including phenoxy) is 2. The minimum Gasteiger partial charge on any atom is -0.467 e. The third-order valence-corrected chi connectivity index (χ3v) is 2.71. The molecular weight excluding hydrogens is 234 g/mol. The molecule has 0 spiro atoms. The van der Waals surface area contributed by atoms with E-state index in [0.717, 1.165) is 5.57 Å². The normalized spacial score (nSPS) is 22.2. The van der Waals surface area contributed by atoms with Gasteiger partial charge < -0.3 is 9.47 Å². The highest BCUT2D eigenvalue weighted by atomic mass is 16.6. The zero-order chi connectivity index (χ0) is 13.9. The van der Waals surface area contributed by atoms with Gasteiger partial charge in [0, 0.05) is 13.0 Å². The van der Waals surface area contributed by atoms with Crippen LogP contribution in [0.15, 0.2) is 11.6 Å². The summed E-state index contributed by atoms with van der Waals surface area (Å²) in [7, 11) is 1.32. The van der Waals surface area contributed by atoms with E-state index in [1.807, 2.05) is 13.0 Å². The monoisotopic (exact) mass is 255 g/mol. The third-order valence-electron chi connectivity index (χ3n) is 2.71. The summed E-state index contributed by atoms with van der Waals surface area (Å²) in [6, 6.07) is -0.573. The minimum absolute atomic E-state index is 0.405. The zero-order valence-corrected chi connectivity index (χ0v) is 11.6. The van der Waals surface area contributed by atoms with Crippen molar-refractivity contribution in [2.45, 2.75) is 45.8 Å². The fourth-order valence-corrected chi connectivity index (χ4v) is 1.82. The number of allylic oxidation sites excluding steroid dienone is 1. The van der Waals surface area contributed by atoms with Gasteiger partial charge in [0.15, 0.2) is 0 Å². The third kappa shape index (κ3) is 3.48. The van der Waals surface area contributed by atoms with E-state index in [2.05, 4.69) is 0 Å². The molecule has 5 nitrogen and oxygen atoms in total.